The third kappa shape index (κ3) is 4.32. The molecule has 0 amide bonds. The van der Waals surface area contributed by atoms with E-state index in [0.29, 0.717) is 6.61 Å². The lowest BCUT2D eigenvalue weighted by Gasteiger charge is -2.16. The molecule has 0 aliphatic heterocycles. The summed E-state index contributed by atoms with van der Waals surface area (Å²) < 4.78 is 5.44. The lowest BCUT2D eigenvalue weighted by molar-refractivity contribution is 0.283. The molecule has 2 aromatic carbocycles. The van der Waals surface area contributed by atoms with E-state index in [4.69, 9.17) is 9.84 Å². The number of fused-ring (bicyclic) bond motifs is 1. The number of allylic oxidation sites excluding steroid dienone is 2. The fraction of sp³-hybridized carbons (Fsp3) is 0.391. The molecule has 0 saturated carbocycles. The summed E-state index contributed by atoms with van der Waals surface area (Å²) in [4.78, 5) is 0. The second kappa shape index (κ2) is 8.87. The van der Waals surface area contributed by atoms with Gasteiger partial charge in [0.2, 0.25) is 0 Å². The summed E-state index contributed by atoms with van der Waals surface area (Å²) in [6.07, 6.45) is 7.56. The number of ether oxygens (including phenoxy) is 1. The van der Waals surface area contributed by atoms with Crippen LogP contribution in [0.15, 0.2) is 48.5 Å². The highest BCUT2D eigenvalue weighted by Gasteiger charge is 2.18. The second-order valence-electron chi connectivity index (χ2n) is 6.73. The zero-order chi connectivity index (χ0) is 17.5. The average Bonchev–Trinajstić information content (AvgIpc) is 2.84. The highest BCUT2D eigenvalue weighted by atomic mass is 16.5. The largest absolute Gasteiger partial charge is 0.497 e. The van der Waals surface area contributed by atoms with Crippen LogP contribution in [0.5, 0.6) is 5.75 Å². The molecule has 1 N–H and O–H groups in total. The first-order valence-corrected chi connectivity index (χ1v) is 9.39. The molecule has 0 aromatic heterocycles. The maximum atomic E-state index is 9.07. The molecular weight excluding hydrogens is 308 g/mol. The molecule has 2 nitrogen and oxygen atoms in total. The Labute approximate surface area is 151 Å². The van der Waals surface area contributed by atoms with E-state index in [1.807, 2.05) is 0 Å². The summed E-state index contributed by atoms with van der Waals surface area (Å²) in [6, 6.07) is 17.3. The standard InChI is InChI=1S/C23H28O2/c1-25-20-14-15-22-19(17-20)11-8-13-21(18-9-4-2-5-10-18)23(22)12-6-3-7-16-24/h2,4-5,9-10,14-15,17,24H,3,6-8,11-13,16H2,1H3. The summed E-state index contributed by atoms with van der Waals surface area (Å²) in [7, 11) is 1.74. The van der Waals surface area contributed by atoms with Gasteiger partial charge in [0.1, 0.15) is 5.75 Å². The molecule has 0 saturated heterocycles. The van der Waals surface area contributed by atoms with Crippen LogP contribution in [-0.4, -0.2) is 18.8 Å². The quantitative estimate of drug-likeness (QED) is 0.677. The molecule has 0 unspecified atom stereocenters. The van der Waals surface area contributed by atoms with Crippen LogP contribution in [0, 0.1) is 0 Å². The fourth-order valence-electron chi connectivity index (χ4n) is 3.80. The number of rotatable bonds is 7. The van der Waals surface area contributed by atoms with E-state index in [1.165, 1.54) is 34.3 Å². The Balaban J connectivity index is 2.01. The van der Waals surface area contributed by atoms with E-state index in [2.05, 4.69) is 48.5 Å². The number of aryl methyl sites for hydroxylation is 1. The number of hydrogen-bond donors (Lipinski definition) is 1. The lowest BCUT2D eigenvalue weighted by atomic mass is 9.89. The van der Waals surface area contributed by atoms with E-state index in [1.54, 1.807) is 7.11 Å². The molecular formula is C23H28O2. The van der Waals surface area contributed by atoms with E-state index >= 15 is 0 Å². The smallest absolute Gasteiger partial charge is 0.119 e. The number of methoxy groups -OCH3 is 1. The molecule has 0 fully saturated rings. The molecule has 2 heteroatoms. The van der Waals surface area contributed by atoms with Crippen LogP contribution in [0.2, 0.25) is 0 Å². The van der Waals surface area contributed by atoms with Crippen molar-refractivity contribution in [3.63, 3.8) is 0 Å². The van der Waals surface area contributed by atoms with Crippen molar-refractivity contribution < 1.29 is 9.84 Å². The van der Waals surface area contributed by atoms with Crippen LogP contribution in [-0.2, 0) is 6.42 Å². The molecule has 3 rings (SSSR count). The van der Waals surface area contributed by atoms with Gasteiger partial charge in [-0.2, -0.15) is 0 Å². The van der Waals surface area contributed by atoms with Gasteiger partial charge in [-0.15, -0.1) is 0 Å². The number of benzene rings is 2. The molecule has 1 aliphatic carbocycles. The Morgan fingerprint density at radius 2 is 1.80 bits per heavy atom. The average molecular weight is 336 g/mol. The van der Waals surface area contributed by atoms with Crippen molar-refractivity contribution in [2.24, 2.45) is 0 Å². The number of aliphatic hydroxyl groups is 1. The van der Waals surface area contributed by atoms with Crippen LogP contribution in [0.1, 0.15) is 55.2 Å². The highest BCUT2D eigenvalue weighted by Crippen LogP contribution is 2.39. The number of unbranched alkanes of at least 4 members (excludes halogenated alkanes) is 2. The third-order valence-electron chi connectivity index (χ3n) is 5.08. The Bertz CT molecular complexity index is 716. The normalized spacial score (nSPS) is 14.2. The van der Waals surface area contributed by atoms with Gasteiger partial charge in [0.05, 0.1) is 7.11 Å². The Kier molecular flexibility index (Phi) is 6.30. The molecule has 132 valence electrons. The SMILES string of the molecule is COc1ccc2c(c1)CCCC(c1ccccc1)=C2CCCCCO. The summed E-state index contributed by atoms with van der Waals surface area (Å²) >= 11 is 0. The van der Waals surface area contributed by atoms with E-state index in [9.17, 15) is 0 Å². The Morgan fingerprint density at radius 3 is 2.56 bits per heavy atom. The summed E-state index contributed by atoms with van der Waals surface area (Å²) in [5.74, 6) is 0.946. The van der Waals surface area contributed by atoms with E-state index in [0.717, 1.165) is 44.3 Å². The van der Waals surface area contributed by atoms with Crippen molar-refractivity contribution in [1.82, 2.24) is 0 Å². The van der Waals surface area contributed by atoms with Crippen LogP contribution < -0.4 is 4.74 Å². The summed E-state index contributed by atoms with van der Waals surface area (Å²) in [6.45, 7) is 0.290. The van der Waals surface area contributed by atoms with Crippen LogP contribution in [0.4, 0.5) is 0 Å². The van der Waals surface area contributed by atoms with Crippen molar-refractivity contribution in [3.8, 4) is 5.75 Å². The molecule has 0 atom stereocenters. The predicted molar refractivity (Wildman–Crippen MR) is 105 cm³/mol. The van der Waals surface area contributed by atoms with Gasteiger partial charge in [0, 0.05) is 6.61 Å². The summed E-state index contributed by atoms with van der Waals surface area (Å²) in [5, 5.41) is 9.07. The minimum atomic E-state index is 0.290. The number of hydrogen-bond acceptors (Lipinski definition) is 2. The Hall–Kier alpha value is -2.06. The second-order valence-corrected chi connectivity index (χ2v) is 6.73. The van der Waals surface area contributed by atoms with Gasteiger partial charge in [-0.05, 0) is 78.5 Å². The van der Waals surface area contributed by atoms with Gasteiger partial charge in [-0.25, -0.2) is 0 Å². The highest BCUT2D eigenvalue weighted by molar-refractivity contribution is 5.92. The molecule has 0 bridgehead atoms. The number of aliphatic hydroxyl groups excluding tert-OH is 1. The van der Waals surface area contributed by atoms with Crippen LogP contribution >= 0.6 is 0 Å². The maximum Gasteiger partial charge on any atom is 0.119 e. The first-order chi connectivity index (χ1) is 12.3. The lowest BCUT2D eigenvalue weighted by Crippen LogP contribution is -1.96. The fourth-order valence-corrected chi connectivity index (χ4v) is 3.80. The molecule has 0 radical (unpaired) electrons. The van der Waals surface area contributed by atoms with E-state index < -0.39 is 0 Å². The van der Waals surface area contributed by atoms with Crippen molar-refractivity contribution >= 4 is 11.1 Å². The monoisotopic (exact) mass is 336 g/mol. The van der Waals surface area contributed by atoms with Crippen molar-refractivity contribution in [1.29, 1.82) is 0 Å². The van der Waals surface area contributed by atoms with Gasteiger partial charge >= 0.3 is 0 Å². The van der Waals surface area contributed by atoms with Gasteiger partial charge < -0.3 is 9.84 Å². The molecule has 0 heterocycles. The molecule has 1 aliphatic rings. The van der Waals surface area contributed by atoms with Crippen molar-refractivity contribution in [2.75, 3.05) is 13.7 Å². The predicted octanol–water partition coefficient (Wildman–Crippen LogP) is 5.50. The first-order valence-electron chi connectivity index (χ1n) is 9.39. The molecule has 0 spiro atoms. The summed E-state index contributed by atoms with van der Waals surface area (Å²) in [5.41, 5.74) is 7.12. The van der Waals surface area contributed by atoms with Gasteiger partial charge in [0.15, 0.2) is 0 Å². The Morgan fingerprint density at radius 1 is 0.960 bits per heavy atom. The van der Waals surface area contributed by atoms with E-state index in [-0.39, 0.29) is 0 Å². The van der Waals surface area contributed by atoms with Crippen LogP contribution in [0.3, 0.4) is 0 Å². The van der Waals surface area contributed by atoms with Gasteiger partial charge in [-0.3, -0.25) is 0 Å². The van der Waals surface area contributed by atoms with Crippen LogP contribution in [0.25, 0.3) is 11.1 Å². The van der Waals surface area contributed by atoms with Crippen molar-refractivity contribution in [2.45, 2.75) is 44.9 Å². The third-order valence-corrected chi connectivity index (χ3v) is 5.08. The topological polar surface area (TPSA) is 29.5 Å². The molecule has 25 heavy (non-hydrogen) atoms. The maximum absolute atomic E-state index is 9.07. The van der Waals surface area contributed by atoms with Gasteiger partial charge in [-0.1, -0.05) is 42.8 Å². The minimum Gasteiger partial charge on any atom is -0.497 e. The molecule has 2 aromatic rings. The zero-order valence-electron chi connectivity index (χ0n) is 15.1. The first kappa shape index (κ1) is 17.8. The van der Waals surface area contributed by atoms with Crippen molar-refractivity contribution in [3.05, 3.63) is 65.2 Å². The minimum absolute atomic E-state index is 0.290. The zero-order valence-corrected chi connectivity index (χ0v) is 15.1. The van der Waals surface area contributed by atoms with Gasteiger partial charge in [0.25, 0.3) is 0 Å².